The van der Waals surface area contributed by atoms with Gasteiger partial charge in [0.15, 0.2) is 0 Å². The van der Waals surface area contributed by atoms with Crippen LogP contribution >= 0.6 is 34.5 Å². The fraction of sp³-hybridized carbons (Fsp3) is 0.300. The van der Waals surface area contributed by atoms with Gasteiger partial charge in [0.1, 0.15) is 10.4 Å². The molecule has 0 atom stereocenters. The van der Waals surface area contributed by atoms with Crippen molar-refractivity contribution in [2.45, 2.75) is 32.7 Å². The van der Waals surface area contributed by atoms with Gasteiger partial charge in [0.25, 0.3) is 5.91 Å². The molecule has 0 N–H and O–H groups in total. The number of benzene rings is 1. The number of ether oxygens (including phenoxy) is 1. The van der Waals surface area contributed by atoms with Crippen molar-refractivity contribution in [3.8, 4) is 5.75 Å². The van der Waals surface area contributed by atoms with Crippen LogP contribution in [-0.4, -0.2) is 17.0 Å². The van der Waals surface area contributed by atoms with E-state index < -0.39 is 0 Å². The third-order valence-corrected chi connectivity index (χ3v) is 6.42. The molecule has 0 saturated heterocycles. The third-order valence-electron chi connectivity index (χ3n) is 3.93. The molecule has 0 unspecified atom stereocenters. The van der Waals surface area contributed by atoms with Gasteiger partial charge >= 0.3 is 0 Å². The van der Waals surface area contributed by atoms with Crippen LogP contribution in [0, 0.1) is 0 Å². The first-order valence-corrected chi connectivity index (χ1v) is 10.5. The van der Waals surface area contributed by atoms with Crippen molar-refractivity contribution in [1.82, 2.24) is 3.96 Å². The molecular formula is C20H21ClN2O2S2. The zero-order chi connectivity index (χ0) is 19.6. The molecule has 4 nitrogen and oxygen atoms in total. The number of halogens is 1. The molecule has 7 heteroatoms. The first kappa shape index (κ1) is 19.9. The molecule has 3 aromatic rings. The predicted octanol–water partition coefficient (Wildman–Crippen LogP) is 5.36. The lowest BCUT2D eigenvalue weighted by molar-refractivity contribution is 0.0996. The zero-order valence-corrected chi connectivity index (χ0v) is 18.0. The largest absolute Gasteiger partial charge is 0.496 e. The van der Waals surface area contributed by atoms with E-state index in [9.17, 15) is 4.79 Å². The summed E-state index contributed by atoms with van der Waals surface area (Å²) in [5.41, 5.74) is 1.31. The molecule has 1 amide bonds. The average Bonchev–Trinajstić information content (AvgIpc) is 3.25. The zero-order valence-electron chi connectivity index (χ0n) is 15.7. The van der Waals surface area contributed by atoms with E-state index in [1.807, 2.05) is 6.07 Å². The van der Waals surface area contributed by atoms with Gasteiger partial charge in [-0.3, -0.25) is 8.75 Å². The lowest BCUT2D eigenvalue weighted by atomic mass is 10.1. The first-order chi connectivity index (χ1) is 12.8. The van der Waals surface area contributed by atoms with Crippen LogP contribution in [0.1, 0.15) is 41.6 Å². The van der Waals surface area contributed by atoms with Crippen LogP contribution in [0.2, 0.25) is 5.02 Å². The van der Waals surface area contributed by atoms with Crippen molar-refractivity contribution < 1.29 is 9.53 Å². The van der Waals surface area contributed by atoms with Crippen molar-refractivity contribution in [3.63, 3.8) is 0 Å². The van der Waals surface area contributed by atoms with Crippen LogP contribution in [-0.2, 0) is 12.0 Å². The Bertz CT molecular complexity index is 1010. The molecule has 27 heavy (non-hydrogen) atoms. The summed E-state index contributed by atoms with van der Waals surface area (Å²) >= 11 is 9.25. The van der Waals surface area contributed by atoms with Gasteiger partial charge in [-0.05, 0) is 61.9 Å². The predicted molar refractivity (Wildman–Crippen MR) is 112 cm³/mol. The van der Waals surface area contributed by atoms with Crippen LogP contribution in [0.15, 0.2) is 46.9 Å². The minimum atomic E-state index is -0.357. The number of methoxy groups -OCH3 is 1. The van der Waals surface area contributed by atoms with Gasteiger partial charge in [0, 0.05) is 33.6 Å². The lowest BCUT2D eigenvalue weighted by Crippen LogP contribution is -2.18. The Labute approximate surface area is 171 Å². The molecule has 0 aliphatic carbocycles. The van der Waals surface area contributed by atoms with Gasteiger partial charge < -0.3 is 4.74 Å². The molecule has 1 aromatic carbocycles. The second kappa shape index (κ2) is 8.00. The SMILES string of the molecule is COc1ccc(Cl)cc1C(=O)/N=c1\sn(C(C)(C)C)cc1Cc1cccs1. The van der Waals surface area contributed by atoms with E-state index in [2.05, 4.69) is 47.4 Å². The highest BCUT2D eigenvalue weighted by atomic mass is 35.5. The van der Waals surface area contributed by atoms with Crippen molar-refractivity contribution in [1.29, 1.82) is 0 Å². The average molecular weight is 421 g/mol. The molecule has 0 spiro atoms. The van der Waals surface area contributed by atoms with Crippen LogP contribution in [0.5, 0.6) is 5.75 Å². The summed E-state index contributed by atoms with van der Waals surface area (Å²) in [5, 5.41) is 2.53. The van der Waals surface area contributed by atoms with E-state index in [4.69, 9.17) is 16.3 Å². The number of thiophene rings is 1. The summed E-state index contributed by atoms with van der Waals surface area (Å²) < 4.78 is 8.14. The van der Waals surface area contributed by atoms with E-state index >= 15 is 0 Å². The van der Waals surface area contributed by atoms with E-state index in [0.717, 1.165) is 12.0 Å². The summed E-state index contributed by atoms with van der Waals surface area (Å²) in [7, 11) is 1.53. The maximum Gasteiger partial charge on any atom is 0.282 e. The highest BCUT2D eigenvalue weighted by molar-refractivity contribution is 7.10. The normalized spacial score (nSPS) is 12.4. The number of rotatable bonds is 4. The van der Waals surface area contributed by atoms with Gasteiger partial charge in [-0.25, -0.2) is 0 Å². The molecule has 2 aromatic heterocycles. The molecule has 0 saturated carbocycles. The fourth-order valence-electron chi connectivity index (χ4n) is 2.52. The van der Waals surface area contributed by atoms with Crippen molar-refractivity contribution >= 4 is 40.4 Å². The molecule has 0 bridgehead atoms. The molecule has 0 fully saturated rings. The van der Waals surface area contributed by atoms with Gasteiger partial charge in [-0.15, -0.1) is 11.3 Å². The highest BCUT2D eigenvalue weighted by Gasteiger charge is 2.18. The number of hydrogen-bond donors (Lipinski definition) is 0. The van der Waals surface area contributed by atoms with Crippen molar-refractivity contribution in [2.24, 2.45) is 4.99 Å². The number of aromatic nitrogens is 1. The fourth-order valence-corrected chi connectivity index (χ4v) is 4.43. The minimum absolute atomic E-state index is 0.0839. The maximum atomic E-state index is 12.9. The molecular weight excluding hydrogens is 400 g/mol. The van der Waals surface area contributed by atoms with Crippen LogP contribution in [0.25, 0.3) is 0 Å². The van der Waals surface area contributed by atoms with Gasteiger partial charge in [-0.1, -0.05) is 17.7 Å². The molecule has 3 rings (SSSR count). The minimum Gasteiger partial charge on any atom is -0.496 e. The number of carbonyl (C=O) groups is 1. The summed E-state index contributed by atoms with van der Waals surface area (Å²) in [6.45, 7) is 6.39. The van der Waals surface area contributed by atoms with Crippen LogP contribution in [0.3, 0.4) is 0 Å². The van der Waals surface area contributed by atoms with E-state index in [-0.39, 0.29) is 11.4 Å². The molecule has 2 heterocycles. The smallest absolute Gasteiger partial charge is 0.282 e. The number of nitrogens with zero attached hydrogens (tertiary/aromatic N) is 2. The Hall–Kier alpha value is -1.89. The Balaban J connectivity index is 2.07. The van der Waals surface area contributed by atoms with Gasteiger partial charge in [-0.2, -0.15) is 4.99 Å². The number of hydrogen-bond acceptors (Lipinski definition) is 4. The summed E-state index contributed by atoms with van der Waals surface area (Å²) in [6, 6.07) is 9.09. The van der Waals surface area contributed by atoms with E-state index in [1.54, 1.807) is 29.5 Å². The third kappa shape index (κ3) is 4.69. The summed E-state index contributed by atoms with van der Waals surface area (Å²) in [6.07, 6.45) is 2.84. The highest BCUT2D eigenvalue weighted by Crippen LogP contribution is 2.24. The molecule has 0 radical (unpaired) electrons. The van der Waals surface area contributed by atoms with Crippen LogP contribution in [0.4, 0.5) is 0 Å². The maximum absolute atomic E-state index is 12.9. The molecule has 0 aliphatic heterocycles. The summed E-state index contributed by atoms with van der Waals surface area (Å²) in [5.74, 6) is 0.109. The second-order valence-electron chi connectivity index (χ2n) is 7.07. The topological polar surface area (TPSA) is 43.6 Å². The van der Waals surface area contributed by atoms with Crippen LogP contribution < -0.4 is 9.41 Å². The molecule has 142 valence electrons. The Kier molecular flexibility index (Phi) is 5.89. The van der Waals surface area contributed by atoms with Gasteiger partial charge in [0.05, 0.1) is 12.7 Å². The van der Waals surface area contributed by atoms with Gasteiger partial charge in [0.2, 0.25) is 0 Å². The Morgan fingerprint density at radius 3 is 2.70 bits per heavy atom. The number of carbonyl (C=O) groups excluding carboxylic acids is 1. The Morgan fingerprint density at radius 1 is 1.30 bits per heavy atom. The summed E-state index contributed by atoms with van der Waals surface area (Å²) in [4.78, 5) is 18.5. The monoisotopic (exact) mass is 420 g/mol. The van der Waals surface area contributed by atoms with E-state index in [1.165, 1.54) is 23.5 Å². The van der Waals surface area contributed by atoms with E-state index in [0.29, 0.717) is 21.0 Å². The second-order valence-corrected chi connectivity index (χ2v) is 9.50. The molecule has 0 aliphatic rings. The van der Waals surface area contributed by atoms with Crippen molar-refractivity contribution in [3.05, 3.63) is 67.6 Å². The number of amides is 1. The Morgan fingerprint density at radius 2 is 2.07 bits per heavy atom. The van der Waals surface area contributed by atoms with Crippen molar-refractivity contribution in [2.75, 3.05) is 7.11 Å². The lowest BCUT2D eigenvalue weighted by Gasteiger charge is -2.19. The quantitative estimate of drug-likeness (QED) is 0.570. The first-order valence-electron chi connectivity index (χ1n) is 8.45. The standard InChI is InChI=1S/C20H21ClN2O2S2/c1-20(2,3)23-12-13(10-15-6-5-9-26-15)19(27-23)22-18(24)16-11-14(21)7-8-17(16)25-4/h5-9,11-12H,10H2,1-4H3/b22-19-.